The van der Waals surface area contributed by atoms with Crippen molar-refractivity contribution in [3.8, 4) is 5.75 Å². The number of ether oxygens (including phenoxy) is 1. The molecular weight excluding hydrogens is 312 g/mol. The van der Waals surface area contributed by atoms with Gasteiger partial charge >= 0.3 is 6.03 Å². The van der Waals surface area contributed by atoms with Crippen LogP contribution in [0, 0.1) is 0 Å². The van der Waals surface area contributed by atoms with Crippen LogP contribution in [0.2, 0.25) is 0 Å². The number of nitrogens with one attached hydrogen (secondary N) is 2. The minimum atomic E-state index is -0.483. The first kappa shape index (κ1) is 17.7. The highest BCUT2D eigenvalue weighted by Crippen LogP contribution is 2.32. The van der Waals surface area contributed by atoms with Crippen LogP contribution < -0.4 is 26.0 Å². The SMILES string of the molecule is COc1cc(NC(=O)CCCCN)ccc1N1CCC(=O)NC1=O. The fourth-order valence-electron chi connectivity index (χ4n) is 2.43. The fraction of sp³-hybridized carbons (Fsp3) is 0.438. The molecule has 2 rings (SSSR count). The Morgan fingerprint density at radius 3 is 2.83 bits per heavy atom. The number of hydrogen-bond acceptors (Lipinski definition) is 5. The van der Waals surface area contributed by atoms with Crippen LogP contribution in [0.15, 0.2) is 18.2 Å². The lowest BCUT2D eigenvalue weighted by molar-refractivity contribution is -0.120. The predicted octanol–water partition coefficient (Wildman–Crippen LogP) is 1.21. The van der Waals surface area contributed by atoms with Gasteiger partial charge in [-0.2, -0.15) is 0 Å². The first-order valence-electron chi connectivity index (χ1n) is 7.84. The van der Waals surface area contributed by atoms with Crippen LogP contribution in [0.4, 0.5) is 16.2 Å². The van der Waals surface area contributed by atoms with Crippen molar-refractivity contribution in [2.75, 3.05) is 30.4 Å². The number of hydrogen-bond donors (Lipinski definition) is 3. The Hall–Kier alpha value is -2.61. The monoisotopic (exact) mass is 334 g/mol. The van der Waals surface area contributed by atoms with E-state index in [4.69, 9.17) is 10.5 Å². The second-order valence-corrected chi connectivity index (χ2v) is 5.44. The number of rotatable bonds is 7. The first-order chi connectivity index (χ1) is 11.5. The lowest BCUT2D eigenvalue weighted by Gasteiger charge is -2.28. The third kappa shape index (κ3) is 4.45. The zero-order valence-electron chi connectivity index (χ0n) is 13.6. The topological polar surface area (TPSA) is 114 Å². The van der Waals surface area contributed by atoms with Crippen molar-refractivity contribution >= 4 is 29.2 Å². The molecule has 8 nitrogen and oxygen atoms in total. The summed E-state index contributed by atoms with van der Waals surface area (Å²) in [5, 5.41) is 5.06. The van der Waals surface area contributed by atoms with Crippen molar-refractivity contribution in [2.24, 2.45) is 5.73 Å². The Morgan fingerprint density at radius 1 is 1.38 bits per heavy atom. The number of amides is 4. The molecular formula is C16H22N4O4. The maximum absolute atomic E-state index is 11.9. The number of methoxy groups -OCH3 is 1. The van der Waals surface area contributed by atoms with Crippen molar-refractivity contribution < 1.29 is 19.1 Å². The summed E-state index contributed by atoms with van der Waals surface area (Å²) in [6.07, 6.45) is 2.17. The summed E-state index contributed by atoms with van der Waals surface area (Å²) in [5.41, 5.74) is 6.54. The number of urea groups is 1. The number of nitrogens with two attached hydrogens (primary N) is 1. The van der Waals surface area contributed by atoms with Gasteiger partial charge in [-0.1, -0.05) is 0 Å². The van der Waals surface area contributed by atoms with Gasteiger partial charge in [-0.25, -0.2) is 4.79 Å². The van der Waals surface area contributed by atoms with Crippen molar-refractivity contribution in [3.63, 3.8) is 0 Å². The molecule has 8 heteroatoms. The van der Waals surface area contributed by atoms with Gasteiger partial charge in [-0.3, -0.25) is 19.8 Å². The molecule has 4 N–H and O–H groups in total. The number of benzene rings is 1. The molecule has 0 saturated carbocycles. The first-order valence-corrected chi connectivity index (χ1v) is 7.84. The van der Waals surface area contributed by atoms with Gasteiger partial charge < -0.3 is 15.8 Å². The van der Waals surface area contributed by atoms with Crippen LogP contribution >= 0.6 is 0 Å². The smallest absolute Gasteiger partial charge is 0.328 e. The highest BCUT2D eigenvalue weighted by Gasteiger charge is 2.26. The third-order valence-corrected chi connectivity index (χ3v) is 3.67. The summed E-state index contributed by atoms with van der Waals surface area (Å²) in [6, 6.07) is 4.55. The number of anilines is 2. The number of carbonyl (C=O) groups is 3. The molecule has 0 aliphatic carbocycles. The van der Waals surface area contributed by atoms with Gasteiger partial charge in [0, 0.05) is 31.1 Å². The second kappa shape index (κ2) is 8.30. The van der Waals surface area contributed by atoms with Gasteiger partial charge in [0.1, 0.15) is 5.75 Å². The number of carbonyl (C=O) groups excluding carboxylic acids is 3. The average molecular weight is 334 g/mol. The third-order valence-electron chi connectivity index (χ3n) is 3.67. The molecule has 1 aromatic carbocycles. The Bertz CT molecular complexity index is 633. The molecule has 1 aliphatic rings. The van der Waals surface area contributed by atoms with Crippen LogP contribution in [0.5, 0.6) is 5.75 Å². The number of nitrogens with zero attached hydrogens (tertiary/aromatic N) is 1. The highest BCUT2D eigenvalue weighted by molar-refractivity contribution is 6.06. The van der Waals surface area contributed by atoms with E-state index < -0.39 is 6.03 Å². The molecule has 1 fully saturated rings. The molecule has 0 aromatic heterocycles. The van der Waals surface area contributed by atoms with Crippen LogP contribution in [0.3, 0.4) is 0 Å². The molecule has 130 valence electrons. The molecule has 1 aliphatic heterocycles. The molecule has 0 unspecified atom stereocenters. The summed E-state index contributed by atoms with van der Waals surface area (Å²) >= 11 is 0. The molecule has 0 atom stereocenters. The van der Waals surface area contributed by atoms with E-state index in [1.54, 1.807) is 18.2 Å². The van der Waals surface area contributed by atoms with Crippen molar-refractivity contribution in [3.05, 3.63) is 18.2 Å². The van der Waals surface area contributed by atoms with Crippen LogP contribution in [0.1, 0.15) is 25.7 Å². The summed E-state index contributed by atoms with van der Waals surface area (Å²) in [7, 11) is 1.48. The average Bonchev–Trinajstić information content (AvgIpc) is 2.55. The van der Waals surface area contributed by atoms with Gasteiger partial charge in [0.2, 0.25) is 11.8 Å². The van der Waals surface area contributed by atoms with Gasteiger partial charge in [-0.05, 0) is 31.5 Å². The van der Waals surface area contributed by atoms with E-state index in [0.29, 0.717) is 30.1 Å². The Balaban J connectivity index is 2.08. The molecule has 1 saturated heterocycles. The highest BCUT2D eigenvalue weighted by atomic mass is 16.5. The lowest BCUT2D eigenvalue weighted by atomic mass is 10.2. The second-order valence-electron chi connectivity index (χ2n) is 5.44. The predicted molar refractivity (Wildman–Crippen MR) is 90.0 cm³/mol. The molecule has 1 heterocycles. The van der Waals surface area contributed by atoms with E-state index in [1.807, 2.05) is 0 Å². The van der Waals surface area contributed by atoms with E-state index in [-0.39, 0.29) is 24.8 Å². The van der Waals surface area contributed by atoms with E-state index in [1.165, 1.54) is 12.0 Å². The van der Waals surface area contributed by atoms with Gasteiger partial charge in [0.25, 0.3) is 0 Å². The molecule has 0 bridgehead atoms. The van der Waals surface area contributed by atoms with E-state index in [0.717, 1.165) is 12.8 Å². The zero-order valence-corrected chi connectivity index (χ0v) is 13.6. The molecule has 0 radical (unpaired) electrons. The van der Waals surface area contributed by atoms with Crippen molar-refractivity contribution in [2.45, 2.75) is 25.7 Å². The quantitative estimate of drug-likeness (QED) is 0.649. The van der Waals surface area contributed by atoms with Crippen molar-refractivity contribution in [1.82, 2.24) is 5.32 Å². The maximum Gasteiger partial charge on any atom is 0.328 e. The van der Waals surface area contributed by atoms with Gasteiger partial charge in [0.15, 0.2) is 0 Å². The summed E-state index contributed by atoms with van der Waals surface area (Å²) in [5.74, 6) is 0.0513. The van der Waals surface area contributed by atoms with Crippen LogP contribution in [-0.4, -0.2) is 38.0 Å². The summed E-state index contributed by atoms with van der Waals surface area (Å²) in [6.45, 7) is 0.849. The van der Waals surface area contributed by atoms with E-state index >= 15 is 0 Å². The molecule has 0 spiro atoms. The maximum atomic E-state index is 11.9. The summed E-state index contributed by atoms with van der Waals surface area (Å²) in [4.78, 5) is 36.5. The Morgan fingerprint density at radius 2 is 2.17 bits per heavy atom. The number of unbranched alkanes of at least 4 members (excludes halogenated alkanes) is 1. The van der Waals surface area contributed by atoms with Crippen LogP contribution in [0.25, 0.3) is 0 Å². The largest absolute Gasteiger partial charge is 0.494 e. The van der Waals surface area contributed by atoms with Gasteiger partial charge in [0.05, 0.1) is 12.8 Å². The molecule has 1 aromatic rings. The van der Waals surface area contributed by atoms with Crippen molar-refractivity contribution in [1.29, 1.82) is 0 Å². The summed E-state index contributed by atoms with van der Waals surface area (Å²) < 4.78 is 5.32. The molecule has 24 heavy (non-hydrogen) atoms. The number of imide groups is 1. The fourth-order valence-corrected chi connectivity index (χ4v) is 2.43. The Kier molecular flexibility index (Phi) is 6.14. The van der Waals surface area contributed by atoms with E-state index in [2.05, 4.69) is 10.6 Å². The Labute approximate surface area is 140 Å². The normalized spacial score (nSPS) is 14.3. The van der Waals surface area contributed by atoms with Gasteiger partial charge in [-0.15, -0.1) is 0 Å². The lowest BCUT2D eigenvalue weighted by Crippen LogP contribution is -2.49. The minimum Gasteiger partial charge on any atom is -0.494 e. The zero-order chi connectivity index (χ0) is 17.5. The minimum absolute atomic E-state index is 0.0976. The van der Waals surface area contributed by atoms with E-state index in [9.17, 15) is 14.4 Å². The van der Waals surface area contributed by atoms with Crippen LogP contribution in [-0.2, 0) is 9.59 Å². The molecule has 4 amide bonds. The standard InChI is InChI=1S/C16H22N4O4/c1-24-13-10-11(18-14(21)4-2-3-8-17)5-6-12(13)20-9-7-15(22)19-16(20)23/h5-6,10H,2-4,7-9,17H2,1H3,(H,18,21)(H,19,22,23).